The Bertz CT molecular complexity index is 160. The van der Waals surface area contributed by atoms with Crippen molar-refractivity contribution in [3.05, 3.63) is 24.8 Å². The smallest absolute Gasteiger partial charge is 0.0752 e. The lowest BCUT2D eigenvalue weighted by Crippen LogP contribution is -2.25. The van der Waals surface area contributed by atoms with Gasteiger partial charge in [-0.15, -0.1) is 6.58 Å². The first-order valence-electron chi connectivity index (χ1n) is 4.21. The highest BCUT2D eigenvalue weighted by molar-refractivity contribution is 4.98. The van der Waals surface area contributed by atoms with Gasteiger partial charge >= 0.3 is 0 Å². The third kappa shape index (κ3) is 1.93. The Morgan fingerprint density at radius 2 is 2.18 bits per heavy atom. The van der Waals surface area contributed by atoms with Gasteiger partial charge in [0.2, 0.25) is 0 Å². The van der Waals surface area contributed by atoms with E-state index >= 15 is 0 Å². The third-order valence-corrected chi connectivity index (χ3v) is 2.49. The number of aliphatic hydroxyl groups is 1. The molecule has 1 nitrogen and oxygen atoms in total. The Morgan fingerprint density at radius 3 is 2.73 bits per heavy atom. The summed E-state index contributed by atoms with van der Waals surface area (Å²) in [7, 11) is 0. The van der Waals surface area contributed by atoms with Gasteiger partial charge in [-0.05, 0) is 24.7 Å². The molecule has 0 aromatic carbocycles. The molecule has 1 rings (SSSR count). The summed E-state index contributed by atoms with van der Waals surface area (Å²) in [4.78, 5) is 0. The summed E-state index contributed by atoms with van der Waals surface area (Å²) in [6.07, 6.45) is 7.74. The van der Waals surface area contributed by atoms with E-state index in [-0.39, 0.29) is 6.10 Å². The molecular weight excluding hydrogens is 136 g/mol. The first-order chi connectivity index (χ1) is 5.25. The molecule has 0 fully saturated rings. The lowest BCUT2D eigenvalue weighted by atomic mass is 9.81. The molecule has 0 bridgehead atoms. The van der Waals surface area contributed by atoms with E-state index in [0.29, 0.717) is 11.8 Å². The van der Waals surface area contributed by atoms with Crippen LogP contribution in [0.1, 0.15) is 19.8 Å². The van der Waals surface area contributed by atoms with E-state index in [2.05, 4.69) is 25.7 Å². The molecule has 0 spiro atoms. The predicted molar refractivity (Wildman–Crippen MR) is 47.2 cm³/mol. The molecule has 0 saturated carbocycles. The average molecular weight is 152 g/mol. The number of aliphatic hydroxyl groups excluding tert-OH is 1. The fraction of sp³-hybridized carbons (Fsp3) is 0.600. The maximum Gasteiger partial charge on any atom is 0.0752 e. The Morgan fingerprint density at radius 1 is 1.55 bits per heavy atom. The van der Waals surface area contributed by atoms with E-state index in [1.54, 1.807) is 6.08 Å². The highest BCUT2D eigenvalue weighted by atomic mass is 16.3. The summed E-state index contributed by atoms with van der Waals surface area (Å²) in [5, 5.41) is 9.50. The van der Waals surface area contributed by atoms with Crippen LogP contribution in [0.5, 0.6) is 0 Å². The van der Waals surface area contributed by atoms with E-state index in [4.69, 9.17) is 0 Å². The van der Waals surface area contributed by atoms with Crippen LogP contribution < -0.4 is 0 Å². The van der Waals surface area contributed by atoms with Gasteiger partial charge in [-0.1, -0.05) is 25.2 Å². The molecule has 0 heterocycles. The van der Waals surface area contributed by atoms with Gasteiger partial charge in [0.15, 0.2) is 0 Å². The average Bonchev–Trinajstić information content (AvgIpc) is 2.04. The van der Waals surface area contributed by atoms with Crippen molar-refractivity contribution >= 4 is 0 Å². The van der Waals surface area contributed by atoms with Crippen LogP contribution in [-0.2, 0) is 0 Å². The number of hydrogen-bond donors (Lipinski definition) is 1. The minimum absolute atomic E-state index is 0.324. The van der Waals surface area contributed by atoms with Crippen LogP contribution in [0, 0.1) is 11.8 Å². The number of rotatable bonds is 2. The maximum absolute atomic E-state index is 9.50. The second kappa shape index (κ2) is 3.72. The zero-order valence-corrected chi connectivity index (χ0v) is 7.03. The normalized spacial score (nSPS) is 33.3. The topological polar surface area (TPSA) is 20.2 Å². The lowest BCUT2D eigenvalue weighted by molar-refractivity contribution is 0.115. The molecule has 0 aliphatic heterocycles. The van der Waals surface area contributed by atoms with Crippen LogP contribution in [0.3, 0.4) is 0 Å². The maximum atomic E-state index is 9.50. The van der Waals surface area contributed by atoms with Gasteiger partial charge in [0.25, 0.3) is 0 Å². The lowest BCUT2D eigenvalue weighted by Gasteiger charge is -2.27. The van der Waals surface area contributed by atoms with E-state index in [1.165, 1.54) is 0 Å². The van der Waals surface area contributed by atoms with Gasteiger partial charge < -0.3 is 5.11 Å². The molecule has 11 heavy (non-hydrogen) atoms. The molecule has 62 valence electrons. The van der Waals surface area contributed by atoms with Crippen molar-refractivity contribution in [2.75, 3.05) is 0 Å². The van der Waals surface area contributed by atoms with Crippen LogP contribution in [0.2, 0.25) is 0 Å². The molecular formula is C10H16O. The summed E-state index contributed by atoms with van der Waals surface area (Å²) in [5.41, 5.74) is 0. The number of hydrogen-bond acceptors (Lipinski definition) is 1. The van der Waals surface area contributed by atoms with Gasteiger partial charge in [0, 0.05) is 0 Å². The standard InChI is InChI=1S/C10H16O/c1-3-10(11)9-7-5-4-6-8(9)2/h3-5,8-11H,1,6-7H2,2H3. The Hall–Kier alpha value is -0.560. The van der Waals surface area contributed by atoms with Gasteiger partial charge in [0.1, 0.15) is 0 Å². The zero-order chi connectivity index (χ0) is 8.27. The largest absolute Gasteiger partial charge is 0.389 e. The van der Waals surface area contributed by atoms with Crippen molar-refractivity contribution in [2.45, 2.75) is 25.9 Å². The van der Waals surface area contributed by atoms with Gasteiger partial charge in [-0.25, -0.2) is 0 Å². The van der Waals surface area contributed by atoms with Crippen LogP contribution in [0.4, 0.5) is 0 Å². The fourth-order valence-electron chi connectivity index (χ4n) is 1.62. The molecule has 0 amide bonds. The highest BCUT2D eigenvalue weighted by Crippen LogP contribution is 2.27. The fourth-order valence-corrected chi connectivity index (χ4v) is 1.62. The van der Waals surface area contributed by atoms with Gasteiger partial charge in [0.05, 0.1) is 6.10 Å². The van der Waals surface area contributed by atoms with Crippen molar-refractivity contribution in [1.82, 2.24) is 0 Å². The first kappa shape index (κ1) is 8.54. The Labute approximate surface area is 68.4 Å². The molecule has 0 radical (unpaired) electrons. The molecule has 1 heteroatoms. The van der Waals surface area contributed by atoms with Crippen LogP contribution >= 0.6 is 0 Å². The van der Waals surface area contributed by atoms with Crippen LogP contribution in [0.15, 0.2) is 24.8 Å². The molecule has 1 aliphatic rings. The molecule has 0 saturated heterocycles. The summed E-state index contributed by atoms with van der Waals surface area (Å²) in [5.74, 6) is 0.977. The minimum atomic E-state index is -0.324. The molecule has 0 aromatic heterocycles. The van der Waals surface area contributed by atoms with E-state index in [9.17, 15) is 5.11 Å². The minimum Gasteiger partial charge on any atom is -0.389 e. The van der Waals surface area contributed by atoms with Crippen molar-refractivity contribution in [2.24, 2.45) is 11.8 Å². The SMILES string of the molecule is C=CC(O)C1CC=CCC1C. The Balaban J connectivity index is 2.56. The molecule has 1 aliphatic carbocycles. The predicted octanol–water partition coefficient (Wildman–Crippen LogP) is 2.14. The molecule has 0 aromatic rings. The quantitative estimate of drug-likeness (QED) is 0.601. The van der Waals surface area contributed by atoms with Gasteiger partial charge in [-0.3, -0.25) is 0 Å². The molecule has 3 atom stereocenters. The first-order valence-corrected chi connectivity index (χ1v) is 4.21. The summed E-state index contributed by atoms with van der Waals surface area (Å²) in [6, 6.07) is 0. The van der Waals surface area contributed by atoms with Crippen molar-refractivity contribution in [1.29, 1.82) is 0 Å². The summed E-state index contributed by atoms with van der Waals surface area (Å²) < 4.78 is 0. The van der Waals surface area contributed by atoms with E-state index in [0.717, 1.165) is 12.8 Å². The third-order valence-electron chi connectivity index (χ3n) is 2.49. The second-order valence-corrected chi connectivity index (χ2v) is 3.31. The van der Waals surface area contributed by atoms with Crippen molar-refractivity contribution in [3.8, 4) is 0 Å². The number of allylic oxidation sites excluding steroid dienone is 2. The summed E-state index contributed by atoms with van der Waals surface area (Å²) >= 11 is 0. The second-order valence-electron chi connectivity index (χ2n) is 3.31. The molecule has 1 N–H and O–H groups in total. The van der Waals surface area contributed by atoms with E-state index in [1.807, 2.05) is 0 Å². The molecule has 3 unspecified atom stereocenters. The van der Waals surface area contributed by atoms with Crippen molar-refractivity contribution in [3.63, 3.8) is 0 Å². The van der Waals surface area contributed by atoms with Gasteiger partial charge in [-0.2, -0.15) is 0 Å². The monoisotopic (exact) mass is 152 g/mol. The van der Waals surface area contributed by atoms with Crippen LogP contribution in [-0.4, -0.2) is 11.2 Å². The summed E-state index contributed by atoms with van der Waals surface area (Å²) in [6.45, 7) is 5.78. The Kier molecular flexibility index (Phi) is 2.89. The van der Waals surface area contributed by atoms with Crippen LogP contribution in [0.25, 0.3) is 0 Å². The van der Waals surface area contributed by atoms with Crippen molar-refractivity contribution < 1.29 is 5.11 Å². The zero-order valence-electron chi connectivity index (χ0n) is 7.03. The van der Waals surface area contributed by atoms with E-state index < -0.39 is 0 Å². The highest BCUT2D eigenvalue weighted by Gasteiger charge is 2.23.